The van der Waals surface area contributed by atoms with Gasteiger partial charge in [-0.1, -0.05) is 84.0 Å². The molecule has 6 aliphatic heterocycles. The summed E-state index contributed by atoms with van der Waals surface area (Å²) >= 11 is 0. The number of nitrogens with one attached hydrogen (secondary N) is 1. The number of nitro groups is 2. The number of non-ortho nitro benzene ring substituents is 1. The van der Waals surface area contributed by atoms with Crippen molar-refractivity contribution in [1.29, 1.82) is 0 Å². The molecule has 7 aromatic carbocycles. The number of ether oxygens (including phenoxy) is 4. The number of aliphatic hydroxyl groups is 1. The molecule has 0 bridgehead atoms. The van der Waals surface area contributed by atoms with E-state index >= 15 is 0 Å². The first-order chi connectivity index (χ1) is 62.7. The topological polar surface area (TPSA) is 357 Å². The van der Waals surface area contributed by atoms with E-state index in [2.05, 4.69) is 35.4 Å². The Morgan fingerprint density at radius 3 is 1.31 bits per heavy atom. The Kier molecular flexibility index (Phi) is 26.7. The fraction of sp³-hybridized carbons (Fsp3) is 0.422. The summed E-state index contributed by atoms with van der Waals surface area (Å²) < 4.78 is 370. The van der Waals surface area contributed by atoms with Gasteiger partial charge in [0.25, 0.3) is 62.7 Å². The minimum Gasteiger partial charge on any atom is -0.477 e. The van der Waals surface area contributed by atoms with Gasteiger partial charge in [0.1, 0.15) is 47.3 Å². The number of carbonyl (C=O) groups excluding carboxylic acids is 1. The average Bonchev–Trinajstić information content (AvgIpc) is 1.54. The number of nitrogens with zero attached hydrogens (tertiary/aromatic N) is 7. The second kappa shape index (κ2) is 36.6. The molecule has 24 nitrogen and oxygen atoms in total. The third-order valence-electron chi connectivity index (χ3n) is 24.5. The number of carbonyl (C=O) groups is 1. The number of nitrogen functional groups attached to an aromatic ring is 1. The number of nitro benzene ring substituents is 1. The molecule has 10 N–H and O–H groups in total. The van der Waals surface area contributed by atoms with E-state index < -0.39 is 275 Å². The van der Waals surface area contributed by atoms with Crippen LogP contribution in [0.2, 0.25) is 0 Å². The average molecular weight is 1920 g/mol. The standard InChI is InChI=1S/C20H15F4NO2.C12H7F4N3O5.C12H11F4N3O.C12H10F4N2O.C11H9F4NO.C11H11F4NO.C5H5F2NO/c21-14-8-4-7-12(18(14)22)20(19(23)24)13-9-16(13)27-17(25-20)10-15(26)11-5-2-1-3-6-11;13-7-2-4(18(20)21)1-6(9(7)14)12(10(15)16)5-3-8(5)24-11(17-12)19(22)23;13-7-2-4(17)1-6(9(7)14)12(10(15)16)5-3-8(5)20-11(18)19-12;13-7-3-1-2-5(9(7)14)12(10(15)16)6-4-8(6)19-11(17)18-12;12-7-3-1-2-5(9(7)13)11(10(14)15)6-4-8(6)17-16-11;12-7-3-1-2-5(9(7)13)11(16,10(14)15)6-4-8(6)17;6-5(7)4-2-1-3(2)9-8-4/h1-8,13,16,19H,9-10H2;1-2,5,8,10H,3H2;1-2,5,8,10H,3,17H2,(H2,18,19);1-3,6,8,10H,4H2,(H2,17,18);1-3,6,8,10,16H,4H2;1-3,6,8,10,17H,4,16H2;2-3,5H,1H2/t13-,16+,20+;2*5-,8+,12-;6-,8+,12+;2*6-,8+,11+;/m000000./s1. The van der Waals surface area contributed by atoms with Crippen LogP contribution in [0.5, 0.6) is 0 Å². The zero-order valence-electron chi connectivity index (χ0n) is 67.1. The quantitative estimate of drug-likeness (QED) is 0.0153. The largest absolute Gasteiger partial charge is 0.536 e. The van der Waals surface area contributed by atoms with Gasteiger partial charge in [0.15, 0.2) is 98.1 Å². The summed E-state index contributed by atoms with van der Waals surface area (Å²) in [5, 5.41) is 34.0. The summed E-state index contributed by atoms with van der Waals surface area (Å²) in [7, 11) is 0. The number of hydroxylamine groups is 1. The van der Waals surface area contributed by atoms with Crippen molar-refractivity contribution in [3.8, 4) is 0 Å². The molecule has 0 amide bonds. The number of benzene rings is 7. The molecule has 7 aromatic rings. The molecule has 2 unspecified atom stereocenters. The Hall–Kier alpha value is -12.2. The first kappa shape index (κ1) is 96.8. The van der Waals surface area contributed by atoms with E-state index in [4.69, 9.17) is 46.7 Å². The summed E-state index contributed by atoms with van der Waals surface area (Å²) in [5.41, 5.74) is 5.76. The number of rotatable bonds is 18. The van der Waals surface area contributed by atoms with Gasteiger partial charge in [-0.05, 0) is 86.3 Å². The summed E-state index contributed by atoms with van der Waals surface area (Å²) in [4.78, 5) is 55.7. The Morgan fingerprint density at radius 2 is 0.887 bits per heavy atom. The third-order valence-corrected chi connectivity index (χ3v) is 24.5. The highest BCUT2D eigenvalue weighted by Crippen LogP contribution is 2.62. The number of nitrogens with two attached hydrogens (primary N) is 4. The highest BCUT2D eigenvalue weighted by Gasteiger charge is 2.72. The number of fused-ring (bicyclic) bond motifs is 6. The summed E-state index contributed by atoms with van der Waals surface area (Å²) in [5.74, 6) is -21.6. The SMILES string of the molecule is FC(F)C1=NOC2CC12.Fc1cccc([C@@]2(C(F)F)NO[C@@H]3C[C@@H]32)c1F.NC1=N[C@@](c2cc(N)cc(F)c2F)(C(F)F)[C@H]2C[C@H]2O1.NC1=N[C@@](c2cccc(F)c2F)(C(F)F)[C@H]2C[C@H]2O1.N[C@@](c1cccc(F)c1F)(C(F)F)[C@H]1C[C@H]1O.O=C(CC1=N[C@@](c2cccc(F)c2F)(C(F)F)[C@H]2C[C@H]2O1)c1ccccc1.O=[N+]([O-])C1=N[C@@](c2cc([N+](=O)[O-])cc(F)c2F)(C(F)F)[C@H]2C[C@H]2O1. The van der Waals surface area contributed by atoms with E-state index in [1.807, 2.05) is 0 Å². The van der Waals surface area contributed by atoms with E-state index in [9.17, 15) is 144 Å². The lowest BCUT2D eigenvalue weighted by molar-refractivity contribution is -0.385. The van der Waals surface area contributed by atoms with Crippen LogP contribution < -0.4 is 28.4 Å². The van der Waals surface area contributed by atoms with Crippen LogP contribution in [0.25, 0.3) is 0 Å². The van der Waals surface area contributed by atoms with Gasteiger partial charge < -0.3 is 61.9 Å². The highest BCUT2D eigenvalue weighted by atomic mass is 19.3. The monoisotopic (exact) mass is 1920 g/mol. The van der Waals surface area contributed by atoms with Crippen LogP contribution in [0.15, 0.2) is 153 Å². The van der Waals surface area contributed by atoms with Gasteiger partial charge in [0, 0.05) is 85.6 Å². The van der Waals surface area contributed by atoms with Crippen molar-refractivity contribution in [2.75, 3.05) is 5.73 Å². The van der Waals surface area contributed by atoms with E-state index in [0.717, 1.165) is 67.1 Å². The molecule has 6 heterocycles. The van der Waals surface area contributed by atoms with Crippen LogP contribution in [-0.2, 0) is 61.9 Å². The van der Waals surface area contributed by atoms with E-state index in [1.165, 1.54) is 24.3 Å². The van der Waals surface area contributed by atoms with Crippen molar-refractivity contribution in [2.24, 2.45) is 83.8 Å². The van der Waals surface area contributed by atoms with Crippen molar-refractivity contribution in [2.45, 2.75) is 172 Å². The Bertz CT molecular complexity index is 5830. The van der Waals surface area contributed by atoms with Crippen molar-refractivity contribution in [3.63, 3.8) is 0 Å². The lowest BCUT2D eigenvalue weighted by Gasteiger charge is -2.34. The number of hydrogen-bond donors (Lipinski definition) is 6. The van der Waals surface area contributed by atoms with E-state index in [0.29, 0.717) is 24.5 Å². The minimum atomic E-state index is -3.47. The lowest BCUT2D eigenvalue weighted by atomic mass is 9.84. The molecule has 20 atom stereocenters. The number of oxime groups is 1. The number of alkyl halides is 14. The Morgan fingerprint density at radius 1 is 0.459 bits per heavy atom. The number of anilines is 1. The second-order valence-electron chi connectivity index (χ2n) is 32.6. The predicted octanol–water partition coefficient (Wildman–Crippen LogP) is 15.9. The molecule has 50 heteroatoms. The van der Waals surface area contributed by atoms with Gasteiger partial charge in [-0.3, -0.25) is 19.7 Å². The Balaban J connectivity index is 0.000000127. The number of aliphatic imine (C=N–C) groups is 4. The fourth-order valence-corrected chi connectivity index (χ4v) is 17.2. The number of Topliss-reactive ketones (excluding diaryl/α,β-unsaturated/α-hetero) is 1. The molecule has 8 fully saturated rings. The molecule has 0 aromatic heterocycles. The van der Waals surface area contributed by atoms with Crippen LogP contribution in [-0.4, -0.2) is 138 Å². The molecule has 1 saturated heterocycles. The smallest absolute Gasteiger partial charge is 0.477 e. The zero-order chi connectivity index (χ0) is 96.9. The molecule has 0 spiro atoms. The van der Waals surface area contributed by atoms with Gasteiger partial charge >= 0.3 is 6.02 Å². The number of amidine groups is 3. The number of ketones is 1. The highest BCUT2D eigenvalue weighted by molar-refractivity contribution is 6.07. The van der Waals surface area contributed by atoms with Crippen LogP contribution in [0.3, 0.4) is 0 Å². The van der Waals surface area contributed by atoms with E-state index in [-0.39, 0.29) is 84.9 Å². The molecule has 7 saturated carbocycles. The normalized spacial score (nSPS) is 30.3. The van der Waals surface area contributed by atoms with Crippen molar-refractivity contribution in [3.05, 3.63) is 256 Å². The first-order valence-electron chi connectivity index (χ1n) is 39.7. The number of aliphatic hydroxyl groups excluding tert-OH is 1. The number of halogens is 26. The van der Waals surface area contributed by atoms with Gasteiger partial charge in [-0.25, -0.2) is 129 Å². The summed E-state index contributed by atoms with van der Waals surface area (Å²) in [6.07, 6.45) is -23.3. The maximum absolute atomic E-state index is 14.4. The molecular formula is C83H68F26N12O12. The van der Waals surface area contributed by atoms with Crippen molar-refractivity contribution < 1.29 is 163 Å². The third kappa shape index (κ3) is 17.9. The summed E-state index contributed by atoms with van der Waals surface area (Å²) in [6.45, 7) is 0. The van der Waals surface area contributed by atoms with Gasteiger partial charge in [0.05, 0.1) is 41.1 Å². The lowest BCUT2D eigenvalue weighted by Crippen LogP contribution is -2.48. The van der Waals surface area contributed by atoms with Crippen LogP contribution >= 0.6 is 0 Å². The Labute approximate surface area is 730 Å². The fourth-order valence-electron chi connectivity index (χ4n) is 17.2. The minimum absolute atomic E-state index is 0.00556. The molecule has 714 valence electrons. The predicted molar refractivity (Wildman–Crippen MR) is 409 cm³/mol. The maximum Gasteiger partial charge on any atom is 0.536 e. The van der Waals surface area contributed by atoms with E-state index in [1.54, 1.807) is 30.3 Å². The van der Waals surface area contributed by atoms with Crippen LogP contribution in [0, 0.1) is 131 Å². The van der Waals surface area contributed by atoms with Crippen molar-refractivity contribution >= 4 is 46.8 Å². The van der Waals surface area contributed by atoms with Gasteiger partial charge in [0.2, 0.25) is 5.54 Å². The van der Waals surface area contributed by atoms with Gasteiger partial charge in [-0.2, -0.15) is 5.48 Å². The first-order valence-corrected chi connectivity index (χ1v) is 39.7. The molecule has 133 heavy (non-hydrogen) atoms. The molecule has 20 rings (SSSR count). The van der Waals surface area contributed by atoms with Crippen molar-refractivity contribution in [1.82, 2.24) is 5.48 Å². The number of hydrogen-bond acceptors (Lipinski definition) is 22. The van der Waals surface area contributed by atoms with Crippen LogP contribution in [0.1, 0.15) is 95.1 Å². The molecule has 0 radical (unpaired) electrons. The maximum atomic E-state index is 14.4. The molecule has 13 aliphatic rings. The zero-order valence-corrected chi connectivity index (χ0v) is 67.1. The van der Waals surface area contributed by atoms with Gasteiger partial charge in [-0.15, -0.1) is 0 Å². The summed E-state index contributed by atoms with van der Waals surface area (Å²) in [6, 6.07) is 21.1. The van der Waals surface area contributed by atoms with Crippen LogP contribution in [0.4, 0.5) is 126 Å². The molecular weight excluding hydrogens is 1850 g/mol. The molecule has 7 aliphatic carbocycles. The second-order valence-corrected chi connectivity index (χ2v) is 32.6.